The van der Waals surface area contributed by atoms with Crippen LogP contribution >= 0.6 is 11.8 Å². The van der Waals surface area contributed by atoms with Crippen LogP contribution in [0.4, 0.5) is 0 Å². The number of rotatable bonds is 5. The van der Waals surface area contributed by atoms with E-state index in [4.69, 9.17) is 5.11 Å². The molecule has 0 bridgehead atoms. The average Bonchev–Trinajstić information content (AvgIpc) is 1.96. The number of thioether (sulfide) groups is 1. The molecule has 0 spiro atoms. The summed E-state index contributed by atoms with van der Waals surface area (Å²) in [5, 5.41) is 11.7. The Kier molecular flexibility index (Phi) is 5.62. The lowest BCUT2D eigenvalue weighted by Crippen LogP contribution is -2.34. The third kappa shape index (κ3) is 5.07. The fourth-order valence-electron chi connectivity index (χ4n) is 0.803. The zero-order valence-corrected chi connectivity index (χ0v) is 8.28. The van der Waals surface area contributed by atoms with Gasteiger partial charge >= 0.3 is 0 Å². The van der Waals surface area contributed by atoms with Gasteiger partial charge in [0, 0.05) is 6.92 Å². The fraction of sp³-hybridized carbons (Fsp3) is 0.625. The van der Waals surface area contributed by atoms with E-state index in [1.807, 2.05) is 6.26 Å². The van der Waals surface area contributed by atoms with Crippen LogP contribution in [0.5, 0.6) is 0 Å². The van der Waals surface area contributed by atoms with Crippen LogP contribution in [0.3, 0.4) is 0 Å². The molecule has 12 heavy (non-hydrogen) atoms. The van der Waals surface area contributed by atoms with Gasteiger partial charge in [0.1, 0.15) is 5.76 Å². The predicted octanol–water partition coefficient (Wildman–Crippen LogP) is 1.32. The highest BCUT2D eigenvalue weighted by Gasteiger charge is 2.11. The maximum Gasteiger partial charge on any atom is 0.217 e. The zero-order chi connectivity index (χ0) is 9.56. The first kappa shape index (κ1) is 11.4. The van der Waals surface area contributed by atoms with Crippen LogP contribution in [0.1, 0.15) is 13.3 Å². The third-order valence-electron chi connectivity index (χ3n) is 1.39. The molecule has 4 heteroatoms. The number of aliphatic hydroxyl groups excluding tert-OH is 1. The number of aliphatic hydroxyl groups is 1. The standard InChI is InChI=1S/C8H15NO2S/c1-6(10)8(4-5-12-3)9-7(2)11/h8,10H,1,4-5H2,2-3H3,(H,9,11). The second-order valence-corrected chi connectivity index (χ2v) is 3.51. The summed E-state index contributed by atoms with van der Waals surface area (Å²) in [5.74, 6) is 0.778. The average molecular weight is 189 g/mol. The summed E-state index contributed by atoms with van der Waals surface area (Å²) in [4.78, 5) is 10.7. The molecule has 0 aromatic rings. The van der Waals surface area contributed by atoms with Crippen LogP contribution in [0, 0.1) is 0 Å². The molecule has 0 aliphatic heterocycles. The van der Waals surface area contributed by atoms with Crippen molar-refractivity contribution >= 4 is 17.7 Å². The summed E-state index contributed by atoms with van der Waals surface area (Å²) in [6.07, 6.45) is 2.70. The number of amides is 1. The molecule has 1 unspecified atom stereocenters. The molecule has 0 fully saturated rings. The molecule has 0 saturated heterocycles. The molecule has 70 valence electrons. The van der Waals surface area contributed by atoms with Crippen LogP contribution in [0.25, 0.3) is 0 Å². The van der Waals surface area contributed by atoms with Crippen molar-refractivity contribution in [3.63, 3.8) is 0 Å². The Morgan fingerprint density at radius 1 is 1.75 bits per heavy atom. The number of hydrogen-bond donors (Lipinski definition) is 2. The minimum absolute atomic E-state index is 0.0271. The summed E-state index contributed by atoms with van der Waals surface area (Å²) in [5.41, 5.74) is 0. The third-order valence-corrected chi connectivity index (χ3v) is 2.03. The SMILES string of the molecule is C=C(O)C(CCSC)NC(C)=O. The molecule has 3 nitrogen and oxygen atoms in total. The minimum atomic E-state index is -0.296. The Morgan fingerprint density at radius 2 is 2.33 bits per heavy atom. The Balaban J connectivity index is 3.87. The van der Waals surface area contributed by atoms with Gasteiger partial charge < -0.3 is 10.4 Å². The topological polar surface area (TPSA) is 49.3 Å². The molecular weight excluding hydrogens is 174 g/mol. The van der Waals surface area contributed by atoms with Crippen LogP contribution in [0.2, 0.25) is 0 Å². The van der Waals surface area contributed by atoms with E-state index in [1.165, 1.54) is 6.92 Å². The second kappa shape index (κ2) is 5.94. The molecule has 0 radical (unpaired) electrons. The summed E-state index contributed by atoms with van der Waals surface area (Å²) < 4.78 is 0. The Morgan fingerprint density at radius 3 is 2.67 bits per heavy atom. The maximum atomic E-state index is 10.7. The van der Waals surface area contributed by atoms with Gasteiger partial charge in [0.05, 0.1) is 6.04 Å². The van der Waals surface area contributed by atoms with Crippen molar-refractivity contribution in [3.8, 4) is 0 Å². The molecule has 0 aliphatic carbocycles. The normalized spacial score (nSPS) is 12.2. The predicted molar refractivity (Wildman–Crippen MR) is 52.4 cm³/mol. The maximum absolute atomic E-state index is 10.7. The second-order valence-electron chi connectivity index (χ2n) is 2.53. The van der Waals surface area contributed by atoms with E-state index in [0.717, 1.165) is 12.2 Å². The summed E-state index contributed by atoms with van der Waals surface area (Å²) in [6.45, 7) is 4.82. The van der Waals surface area contributed by atoms with Crippen molar-refractivity contribution in [2.75, 3.05) is 12.0 Å². The largest absolute Gasteiger partial charge is 0.511 e. The van der Waals surface area contributed by atoms with Gasteiger partial charge in [-0.1, -0.05) is 6.58 Å². The van der Waals surface area contributed by atoms with E-state index in [1.54, 1.807) is 11.8 Å². The number of carbonyl (C=O) groups is 1. The van der Waals surface area contributed by atoms with E-state index >= 15 is 0 Å². The van der Waals surface area contributed by atoms with Crippen LogP contribution in [0.15, 0.2) is 12.3 Å². The highest BCUT2D eigenvalue weighted by atomic mass is 32.2. The van der Waals surface area contributed by atoms with Crippen molar-refractivity contribution in [1.82, 2.24) is 5.32 Å². The molecule has 1 atom stereocenters. The van der Waals surface area contributed by atoms with Crippen molar-refractivity contribution in [2.45, 2.75) is 19.4 Å². The summed E-state index contributed by atoms with van der Waals surface area (Å²) >= 11 is 1.67. The monoisotopic (exact) mass is 189 g/mol. The molecule has 2 N–H and O–H groups in total. The molecule has 0 aromatic carbocycles. The molecule has 0 aliphatic rings. The quantitative estimate of drug-likeness (QED) is 0.641. The van der Waals surface area contributed by atoms with Crippen molar-refractivity contribution < 1.29 is 9.90 Å². The molecular formula is C8H15NO2S. The van der Waals surface area contributed by atoms with E-state index < -0.39 is 0 Å². The van der Waals surface area contributed by atoms with E-state index in [9.17, 15) is 4.79 Å². The summed E-state index contributed by atoms with van der Waals surface area (Å²) in [7, 11) is 0. The first-order valence-electron chi connectivity index (χ1n) is 3.71. The van der Waals surface area contributed by atoms with Gasteiger partial charge in [-0.15, -0.1) is 0 Å². The highest BCUT2D eigenvalue weighted by Crippen LogP contribution is 2.05. The Bertz CT molecular complexity index is 170. The van der Waals surface area contributed by atoms with Gasteiger partial charge in [0.15, 0.2) is 0 Å². The highest BCUT2D eigenvalue weighted by molar-refractivity contribution is 7.98. The molecule has 0 rings (SSSR count). The molecule has 0 saturated carbocycles. The Labute approximate surface area is 77.2 Å². The minimum Gasteiger partial charge on any atom is -0.511 e. The number of hydrogen-bond acceptors (Lipinski definition) is 3. The van der Waals surface area contributed by atoms with Crippen molar-refractivity contribution in [2.24, 2.45) is 0 Å². The van der Waals surface area contributed by atoms with Gasteiger partial charge in [0.25, 0.3) is 0 Å². The van der Waals surface area contributed by atoms with Crippen LogP contribution in [-0.2, 0) is 4.79 Å². The zero-order valence-electron chi connectivity index (χ0n) is 7.46. The van der Waals surface area contributed by atoms with Gasteiger partial charge in [-0.2, -0.15) is 11.8 Å². The van der Waals surface area contributed by atoms with E-state index in [0.29, 0.717) is 0 Å². The smallest absolute Gasteiger partial charge is 0.217 e. The molecule has 0 aromatic heterocycles. The van der Waals surface area contributed by atoms with Crippen molar-refractivity contribution in [3.05, 3.63) is 12.3 Å². The van der Waals surface area contributed by atoms with Gasteiger partial charge in [-0.25, -0.2) is 0 Å². The van der Waals surface area contributed by atoms with Crippen LogP contribution in [-0.4, -0.2) is 29.1 Å². The van der Waals surface area contributed by atoms with E-state index in [2.05, 4.69) is 11.9 Å². The summed E-state index contributed by atoms with van der Waals surface area (Å²) in [6, 6.07) is -0.296. The lowest BCUT2D eigenvalue weighted by atomic mass is 10.2. The van der Waals surface area contributed by atoms with E-state index in [-0.39, 0.29) is 17.7 Å². The first-order valence-corrected chi connectivity index (χ1v) is 5.11. The van der Waals surface area contributed by atoms with Gasteiger partial charge in [0.2, 0.25) is 5.91 Å². The van der Waals surface area contributed by atoms with Gasteiger partial charge in [-0.05, 0) is 18.4 Å². The Hall–Kier alpha value is -0.640. The van der Waals surface area contributed by atoms with Gasteiger partial charge in [-0.3, -0.25) is 4.79 Å². The molecule has 0 heterocycles. The lowest BCUT2D eigenvalue weighted by Gasteiger charge is -2.15. The molecule has 1 amide bonds. The van der Waals surface area contributed by atoms with Crippen LogP contribution < -0.4 is 5.32 Å². The first-order chi connectivity index (χ1) is 5.57. The lowest BCUT2D eigenvalue weighted by molar-refractivity contribution is -0.119. The fourth-order valence-corrected chi connectivity index (χ4v) is 1.27. The number of nitrogens with one attached hydrogen (secondary N) is 1. The number of carbonyl (C=O) groups excluding carboxylic acids is 1. The van der Waals surface area contributed by atoms with Crippen molar-refractivity contribution in [1.29, 1.82) is 0 Å².